The Bertz CT molecular complexity index is 1180. The van der Waals surface area contributed by atoms with Crippen molar-refractivity contribution in [2.45, 2.75) is 29.9 Å². The average Bonchev–Trinajstić information content (AvgIpc) is 3.42. The van der Waals surface area contributed by atoms with Crippen LogP contribution in [0, 0.1) is 3.57 Å². The van der Waals surface area contributed by atoms with Crippen LogP contribution in [0.2, 0.25) is 5.02 Å². The second-order valence-corrected chi connectivity index (χ2v) is 11.1. The normalized spacial score (nSPS) is 16.9. The molecule has 1 saturated heterocycles. The monoisotopic (exact) mass is 656 g/mol. The summed E-state index contributed by atoms with van der Waals surface area (Å²) >= 11 is 9.99. The molecule has 1 aliphatic heterocycles. The number of ether oxygens (including phenoxy) is 6. The van der Waals surface area contributed by atoms with Crippen LogP contribution < -0.4 is 23.7 Å². The molecular formula is C28H30ClIO6S. The lowest BCUT2D eigenvalue weighted by Crippen LogP contribution is -2.06. The molecule has 0 N–H and O–H groups in total. The van der Waals surface area contributed by atoms with Crippen LogP contribution in [0.25, 0.3) is 0 Å². The molecule has 0 amide bonds. The van der Waals surface area contributed by atoms with E-state index in [9.17, 15) is 0 Å². The predicted molar refractivity (Wildman–Crippen MR) is 155 cm³/mol. The third-order valence-electron chi connectivity index (χ3n) is 6.11. The zero-order valence-electron chi connectivity index (χ0n) is 21.2. The quantitative estimate of drug-likeness (QED) is 0.119. The molecule has 0 spiro atoms. The van der Waals surface area contributed by atoms with Crippen LogP contribution in [-0.2, 0) is 4.74 Å². The van der Waals surface area contributed by atoms with Gasteiger partial charge in [0.2, 0.25) is 5.75 Å². The third kappa shape index (κ3) is 6.71. The first kappa shape index (κ1) is 28.0. The summed E-state index contributed by atoms with van der Waals surface area (Å²) in [5, 5.41) is 0.737. The number of methoxy groups -OCH3 is 4. The highest BCUT2D eigenvalue weighted by Crippen LogP contribution is 2.47. The first-order chi connectivity index (χ1) is 18.0. The second-order valence-electron chi connectivity index (χ2n) is 8.33. The lowest BCUT2D eigenvalue weighted by molar-refractivity contribution is 0.0436. The van der Waals surface area contributed by atoms with E-state index in [2.05, 4.69) is 28.7 Å². The minimum absolute atomic E-state index is 0.0546. The van der Waals surface area contributed by atoms with E-state index < -0.39 is 0 Å². The fourth-order valence-electron chi connectivity index (χ4n) is 4.31. The summed E-state index contributed by atoms with van der Waals surface area (Å²) in [7, 11) is 6.50. The molecule has 198 valence electrons. The Labute approximate surface area is 241 Å². The summed E-state index contributed by atoms with van der Waals surface area (Å²) in [5.41, 5.74) is 2.07. The number of rotatable bonds is 11. The van der Waals surface area contributed by atoms with Gasteiger partial charge in [-0.25, -0.2) is 0 Å². The van der Waals surface area contributed by atoms with Gasteiger partial charge in [-0.3, -0.25) is 0 Å². The van der Waals surface area contributed by atoms with Crippen LogP contribution in [0.15, 0.2) is 53.4 Å². The summed E-state index contributed by atoms with van der Waals surface area (Å²) < 4.78 is 35.8. The molecule has 1 fully saturated rings. The minimum Gasteiger partial charge on any atom is -0.493 e. The van der Waals surface area contributed by atoms with Crippen molar-refractivity contribution < 1.29 is 28.4 Å². The van der Waals surface area contributed by atoms with E-state index in [0.717, 1.165) is 49.0 Å². The maximum absolute atomic E-state index is 6.49. The Kier molecular flexibility index (Phi) is 9.97. The Morgan fingerprint density at radius 1 is 0.811 bits per heavy atom. The maximum Gasteiger partial charge on any atom is 0.203 e. The van der Waals surface area contributed by atoms with Crippen molar-refractivity contribution in [3.8, 4) is 28.7 Å². The van der Waals surface area contributed by atoms with Gasteiger partial charge in [0.25, 0.3) is 0 Å². The topological polar surface area (TPSA) is 55.4 Å². The zero-order chi connectivity index (χ0) is 26.4. The standard InChI is InChI=1S/C28H30ClIO6S/c1-31-24-14-17(13-21(30)27(24)35-11-12-37-20-7-5-19(29)6-8-20)22-9-10-23(36-22)18-15-25(32-2)28(34-4)26(16-18)33-3/h5-8,13-16,22-23H,9-12H2,1-4H3/t22-,23-/m1/s1. The van der Waals surface area contributed by atoms with E-state index in [0.29, 0.717) is 29.6 Å². The predicted octanol–water partition coefficient (Wildman–Crippen LogP) is 7.74. The van der Waals surface area contributed by atoms with Gasteiger partial charge in [-0.1, -0.05) is 11.6 Å². The van der Waals surface area contributed by atoms with Crippen LogP contribution in [0.3, 0.4) is 0 Å². The van der Waals surface area contributed by atoms with Crippen LogP contribution in [0.5, 0.6) is 28.7 Å². The lowest BCUT2D eigenvalue weighted by atomic mass is 10.0. The minimum atomic E-state index is -0.0804. The van der Waals surface area contributed by atoms with Crippen molar-refractivity contribution in [2.24, 2.45) is 0 Å². The van der Waals surface area contributed by atoms with Gasteiger partial charge >= 0.3 is 0 Å². The Morgan fingerprint density at radius 2 is 1.35 bits per heavy atom. The molecule has 6 nitrogen and oxygen atoms in total. The van der Waals surface area contributed by atoms with E-state index in [-0.39, 0.29) is 12.2 Å². The number of thioether (sulfide) groups is 1. The van der Waals surface area contributed by atoms with E-state index in [1.807, 2.05) is 42.5 Å². The Hall–Kier alpha value is -2.01. The smallest absolute Gasteiger partial charge is 0.203 e. The molecule has 0 bridgehead atoms. The first-order valence-electron chi connectivity index (χ1n) is 11.8. The SMILES string of the molecule is COc1cc([C@H]2CC[C@H](c3cc(OC)c(OC)c(OC)c3)O2)cc(I)c1OCCSc1ccc(Cl)cc1. The Balaban J connectivity index is 1.43. The van der Waals surface area contributed by atoms with E-state index in [4.69, 9.17) is 40.0 Å². The van der Waals surface area contributed by atoms with E-state index in [1.165, 1.54) is 0 Å². The van der Waals surface area contributed by atoms with Crippen molar-refractivity contribution in [2.75, 3.05) is 40.8 Å². The third-order valence-corrected chi connectivity index (χ3v) is 8.14. The van der Waals surface area contributed by atoms with Gasteiger partial charge in [0, 0.05) is 15.7 Å². The molecule has 0 saturated carbocycles. The summed E-state index contributed by atoms with van der Waals surface area (Å²) in [5.74, 6) is 4.09. The van der Waals surface area contributed by atoms with E-state index >= 15 is 0 Å². The molecule has 0 radical (unpaired) electrons. The molecular weight excluding hydrogens is 627 g/mol. The van der Waals surface area contributed by atoms with Gasteiger partial charge in [0.15, 0.2) is 23.0 Å². The summed E-state index contributed by atoms with van der Waals surface area (Å²) in [6, 6.07) is 15.9. The highest BCUT2D eigenvalue weighted by Gasteiger charge is 2.30. The number of hydrogen-bond donors (Lipinski definition) is 0. The molecule has 0 aliphatic carbocycles. The second kappa shape index (κ2) is 13.2. The largest absolute Gasteiger partial charge is 0.493 e. The van der Waals surface area contributed by atoms with Crippen molar-refractivity contribution in [1.82, 2.24) is 0 Å². The number of hydrogen-bond acceptors (Lipinski definition) is 7. The molecule has 1 aliphatic rings. The molecule has 0 aromatic heterocycles. The molecule has 3 aromatic carbocycles. The summed E-state index contributed by atoms with van der Waals surface area (Å²) in [4.78, 5) is 1.16. The van der Waals surface area contributed by atoms with Crippen molar-refractivity contribution in [3.05, 3.63) is 68.3 Å². The van der Waals surface area contributed by atoms with Gasteiger partial charge in [0.1, 0.15) is 0 Å². The van der Waals surface area contributed by atoms with Crippen molar-refractivity contribution >= 4 is 46.0 Å². The van der Waals surface area contributed by atoms with Gasteiger partial charge in [0.05, 0.1) is 50.8 Å². The van der Waals surface area contributed by atoms with Gasteiger partial charge in [-0.15, -0.1) is 11.8 Å². The van der Waals surface area contributed by atoms with Crippen molar-refractivity contribution in [1.29, 1.82) is 0 Å². The summed E-state index contributed by atoms with van der Waals surface area (Å²) in [6.45, 7) is 0.558. The van der Waals surface area contributed by atoms with Gasteiger partial charge in [-0.05, 0) is 95.1 Å². The van der Waals surface area contributed by atoms with Crippen LogP contribution in [0.1, 0.15) is 36.2 Å². The zero-order valence-corrected chi connectivity index (χ0v) is 24.9. The number of halogens is 2. The van der Waals surface area contributed by atoms with Crippen LogP contribution in [-0.4, -0.2) is 40.8 Å². The fraction of sp³-hybridized carbons (Fsp3) is 0.357. The molecule has 37 heavy (non-hydrogen) atoms. The van der Waals surface area contributed by atoms with E-state index in [1.54, 1.807) is 40.2 Å². The molecule has 1 heterocycles. The molecule has 4 rings (SSSR count). The number of benzene rings is 3. The maximum atomic E-state index is 6.49. The molecule has 3 aromatic rings. The Morgan fingerprint density at radius 3 is 1.89 bits per heavy atom. The molecule has 0 unspecified atom stereocenters. The van der Waals surface area contributed by atoms with Gasteiger partial charge < -0.3 is 28.4 Å². The fourth-order valence-corrected chi connectivity index (χ4v) is 5.95. The van der Waals surface area contributed by atoms with Crippen molar-refractivity contribution in [3.63, 3.8) is 0 Å². The van der Waals surface area contributed by atoms with Gasteiger partial charge in [-0.2, -0.15) is 0 Å². The highest BCUT2D eigenvalue weighted by molar-refractivity contribution is 14.1. The van der Waals surface area contributed by atoms with Crippen LogP contribution in [0.4, 0.5) is 0 Å². The first-order valence-corrected chi connectivity index (χ1v) is 14.3. The molecule has 9 heteroatoms. The highest BCUT2D eigenvalue weighted by atomic mass is 127. The molecule has 2 atom stereocenters. The van der Waals surface area contributed by atoms with Crippen LogP contribution >= 0.6 is 46.0 Å². The summed E-state index contributed by atoms with van der Waals surface area (Å²) in [6.07, 6.45) is 1.63. The average molecular weight is 657 g/mol. The lowest BCUT2D eigenvalue weighted by Gasteiger charge is -2.19.